The van der Waals surface area contributed by atoms with Crippen LogP contribution in [0.15, 0.2) is 0 Å². The fourth-order valence-corrected chi connectivity index (χ4v) is 1.00. The first-order chi connectivity index (χ1) is 4.36. The Morgan fingerprint density at radius 3 is 2.89 bits per heavy atom. The lowest BCUT2D eigenvalue weighted by Gasteiger charge is -2.22. The first-order valence-corrected chi connectivity index (χ1v) is 3.15. The Balaban J connectivity index is 2.05. The van der Waals surface area contributed by atoms with E-state index in [0.717, 1.165) is 6.61 Å². The van der Waals surface area contributed by atoms with Crippen molar-refractivity contribution in [3.63, 3.8) is 0 Å². The lowest BCUT2D eigenvalue weighted by atomic mass is 10.1. The van der Waals surface area contributed by atoms with Gasteiger partial charge in [-0.2, -0.15) is 0 Å². The van der Waals surface area contributed by atoms with Gasteiger partial charge in [0.05, 0.1) is 19.3 Å². The fraction of sp³-hybridized carbons (Fsp3) is 0.833. The average Bonchev–Trinajstić information content (AvgIpc) is 2.25. The van der Waals surface area contributed by atoms with Crippen molar-refractivity contribution in [1.29, 1.82) is 0 Å². The topological polar surface area (TPSA) is 27.7 Å². The summed E-state index contributed by atoms with van der Waals surface area (Å²) in [7, 11) is 0. The summed E-state index contributed by atoms with van der Waals surface area (Å²) in [6.07, 6.45) is 0.244. The molecule has 0 N–H and O–H groups in total. The van der Waals surface area contributed by atoms with Gasteiger partial charge < -0.3 is 14.2 Å². The molecule has 51 valence electrons. The molecule has 0 aromatic carbocycles. The van der Waals surface area contributed by atoms with E-state index in [-0.39, 0.29) is 6.10 Å². The Morgan fingerprint density at radius 1 is 1.33 bits per heavy atom. The van der Waals surface area contributed by atoms with Gasteiger partial charge in [0.15, 0.2) is 0 Å². The zero-order valence-corrected chi connectivity index (χ0v) is 5.29. The van der Waals surface area contributed by atoms with Crippen molar-refractivity contribution in [2.45, 2.75) is 13.0 Å². The van der Waals surface area contributed by atoms with Gasteiger partial charge in [0.1, 0.15) is 0 Å². The van der Waals surface area contributed by atoms with E-state index in [2.05, 4.69) is 6.92 Å². The molecule has 2 bridgehead atoms. The second-order valence-electron chi connectivity index (χ2n) is 2.51. The predicted octanol–water partition coefficient (Wildman–Crippen LogP) is 0.515. The van der Waals surface area contributed by atoms with Crippen molar-refractivity contribution in [2.75, 3.05) is 13.2 Å². The summed E-state index contributed by atoms with van der Waals surface area (Å²) in [6, 6.07) is 0. The SMILES string of the molecule is CC1CO[C]2OCC1O2. The second-order valence-corrected chi connectivity index (χ2v) is 2.51. The van der Waals surface area contributed by atoms with Crippen LogP contribution in [0, 0.1) is 12.4 Å². The highest BCUT2D eigenvalue weighted by atomic mass is 16.9. The van der Waals surface area contributed by atoms with Crippen molar-refractivity contribution in [3.8, 4) is 0 Å². The molecule has 0 aromatic heterocycles. The highest BCUT2D eigenvalue weighted by Crippen LogP contribution is 2.29. The lowest BCUT2D eigenvalue weighted by molar-refractivity contribution is -0.174. The van der Waals surface area contributed by atoms with Gasteiger partial charge in [-0.25, -0.2) is 0 Å². The zero-order chi connectivity index (χ0) is 6.27. The number of ether oxygens (including phenoxy) is 3. The Hall–Kier alpha value is -0.120. The van der Waals surface area contributed by atoms with Crippen LogP contribution in [0.3, 0.4) is 0 Å². The summed E-state index contributed by atoms with van der Waals surface area (Å²) < 4.78 is 15.3. The van der Waals surface area contributed by atoms with E-state index in [4.69, 9.17) is 14.2 Å². The first-order valence-electron chi connectivity index (χ1n) is 3.15. The number of fused-ring (bicyclic) bond motifs is 2. The average molecular weight is 129 g/mol. The molecule has 0 amide bonds. The van der Waals surface area contributed by atoms with Crippen LogP contribution in [0.2, 0.25) is 0 Å². The molecule has 2 atom stereocenters. The van der Waals surface area contributed by atoms with E-state index in [1.54, 1.807) is 0 Å². The third-order valence-electron chi connectivity index (χ3n) is 1.71. The van der Waals surface area contributed by atoms with Gasteiger partial charge in [-0.15, -0.1) is 0 Å². The minimum absolute atomic E-state index is 0.244. The minimum Gasteiger partial charge on any atom is -0.321 e. The number of hydrogen-bond acceptors (Lipinski definition) is 3. The van der Waals surface area contributed by atoms with Crippen LogP contribution in [0.25, 0.3) is 0 Å². The van der Waals surface area contributed by atoms with Crippen LogP contribution >= 0.6 is 0 Å². The first kappa shape index (κ1) is 5.65. The molecule has 0 spiro atoms. The van der Waals surface area contributed by atoms with Gasteiger partial charge >= 0.3 is 6.48 Å². The highest BCUT2D eigenvalue weighted by Gasteiger charge is 2.37. The maximum atomic E-state index is 5.18. The van der Waals surface area contributed by atoms with E-state index in [9.17, 15) is 0 Å². The molecule has 1 radical (unpaired) electrons. The summed E-state index contributed by atoms with van der Waals surface area (Å²) in [5.41, 5.74) is 0. The largest absolute Gasteiger partial charge is 0.370 e. The molecule has 2 unspecified atom stereocenters. The molecule has 0 aliphatic carbocycles. The van der Waals surface area contributed by atoms with Gasteiger partial charge in [-0.05, 0) is 0 Å². The second kappa shape index (κ2) is 1.94. The summed E-state index contributed by atoms with van der Waals surface area (Å²) >= 11 is 0. The van der Waals surface area contributed by atoms with E-state index < -0.39 is 0 Å². The predicted molar refractivity (Wildman–Crippen MR) is 29.2 cm³/mol. The molecule has 2 heterocycles. The fourth-order valence-electron chi connectivity index (χ4n) is 1.00. The Labute approximate surface area is 53.9 Å². The van der Waals surface area contributed by atoms with Crippen molar-refractivity contribution >= 4 is 0 Å². The van der Waals surface area contributed by atoms with Crippen LogP contribution in [0.5, 0.6) is 0 Å². The van der Waals surface area contributed by atoms with Crippen LogP contribution in [0.4, 0.5) is 0 Å². The summed E-state index contributed by atoms with van der Waals surface area (Å²) in [4.78, 5) is 0. The third kappa shape index (κ3) is 0.852. The van der Waals surface area contributed by atoms with E-state index in [1.807, 2.05) is 0 Å². The molecule has 2 fully saturated rings. The Morgan fingerprint density at radius 2 is 2.11 bits per heavy atom. The van der Waals surface area contributed by atoms with Crippen LogP contribution in [0.1, 0.15) is 6.92 Å². The molecule has 2 aliphatic rings. The van der Waals surface area contributed by atoms with Crippen molar-refractivity contribution in [1.82, 2.24) is 0 Å². The lowest BCUT2D eigenvalue weighted by Crippen LogP contribution is -2.28. The molecule has 2 aliphatic heterocycles. The molecule has 0 aromatic rings. The Kier molecular flexibility index (Phi) is 1.22. The summed E-state index contributed by atoms with van der Waals surface area (Å²) in [5, 5.41) is 0. The van der Waals surface area contributed by atoms with Crippen LogP contribution < -0.4 is 0 Å². The van der Waals surface area contributed by atoms with Gasteiger partial charge in [0.25, 0.3) is 0 Å². The van der Waals surface area contributed by atoms with Gasteiger partial charge in [-0.3, -0.25) is 0 Å². The quantitative estimate of drug-likeness (QED) is 0.477. The maximum Gasteiger partial charge on any atom is 0.370 e. The van der Waals surface area contributed by atoms with Gasteiger partial charge in [0, 0.05) is 5.92 Å². The van der Waals surface area contributed by atoms with Gasteiger partial charge in [-0.1, -0.05) is 6.92 Å². The molecule has 3 nitrogen and oxygen atoms in total. The smallest absolute Gasteiger partial charge is 0.321 e. The van der Waals surface area contributed by atoms with Crippen LogP contribution in [-0.2, 0) is 14.2 Å². The molecule has 2 saturated heterocycles. The molecular weight excluding hydrogens is 120 g/mol. The Bertz CT molecular complexity index is 115. The molecule has 9 heavy (non-hydrogen) atoms. The van der Waals surface area contributed by atoms with Crippen molar-refractivity contribution < 1.29 is 14.2 Å². The van der Waals surface area contributed by atoms with E-state index in [0.29, 0.717) is 19.0 Å². The van der Waals surface area contributed by atoms with E-state index in [1.165, 1.54) is 0 Å². The minimum atomic E-state index is 0.244. The van der Waals surface area contributed by atoms with Crippen molar-refractivity contribution in [2.24, 2.45) is 5.92 Å². The van der Waals surface area contributed by atoms with Crippen molar-refractivity contribution in [3.05, 3.63) is 6.48 Å². The van der Waals surface area contributed by atoms with Gasteiger partial charge in [0.2, 0.25) is 0 Å². The molecule has 0 saturated carbocycles. The molecule has 2 rings (SSSR count). The highest BCUT2D eigenvalue weighted by molar-refractivity contribution is 4.79. The number of rotatable bonds is 0. The molecular formula is C6H9O3. The summed E-state index contributed by atoms with van der Waals surface area (Å²) in [5.74, 6) is 0.469. The maximum absolute atomic E-state index is 5.18. The van der Waals surface area contributed by atoms with E-state index >= 15 is 0 Å². The van der Waals surface area contributed by atoms with Crippen LogP contribution in [-0.4, -0.2) is 19.3 Å². The zero-order valence-electron chi connectivity index (χ0n) is 5.29. The number of hydrogen-bond donors (Lipinski definition) is 0. The summed E-state index contributed by atoms with van der Waals surface area (Å²) in [6.45, 7) is 3.87. The monoisotopic (exact) mass is 129 g/mol. The normalized spacial score (nSPS) is 43.7. The third-order valence-corrected chi connectivity index (χ3v) is 1.71. The standard InChI is InChI=1S/C6H9O3/c1-4-2-7-6-8-3-5(4)9-6/h4-5H,2-3H2,1H3. The molecule has 3 heteroatoms.